The Kier molecular flexibility index (Phi) is 4.17. The second-order valence-electron chi connectivity index (χ2n) is 5.96. The van der Waals surface area contributed by atoms with Crippen LogP contribution in [0.25, 0.3) is 10.2 Å². The highest BCUT2D eigenvalue weighted by atomic mass is 32.1. The normalized spacial score (nSPS) is 16.3. The fraction of sp³-hybridized carbons (Fsp3) is 0.263. The molecule has 0 aliphatic carbocycles. The second-order valence-corrected chi connectivity index (χ2v) is 6.97. The number of thiazole rings is 1. The summed E-state index contributed by atoms with van der Waals surface area (Å²) in [5.74, 6) is 0.820. The maximum atomic E-state index is 4.93. The molecule has 1 aromatic heterocycles. The van der Waals surface area contributed by atoms with E-state index in [1.165, 1.54) is 23.1 Å². The topological polar surface area (TPSA) is 32.9 Å². The van der Waals surface area contributed by atoms with Gasteiger partial charge in [0, 0.05) is 20.1 Å². The number of rotatable bonds is 1. The highest BCUT2D eigenvalue weighted by Gasteiger charge is 2.16. The van der Waals surface area contributed by atoms with Gasteiger partial charge in [0.25, 0.3) is 0 Å². The molecule has 1 fully saturated rings. The zero-order valence-electron chi connectivity index (χ0n) is 13.7. The Morgan fingerprint density at radius 2 is 1.67 bits per heavy atom. The largest absolute Gasteiger partial charge is 0.341 e. The lowest BCUT2D eigenvalue weighted by Crippen LogP contribution is -2.28. The summed E-state index contributed by atoms with van der Waals surface area (Å²) in [6.07, 6.45) is 2.42. The summed E-state index contributed by atoms with van der Waals surface area (Å²) in [7, 11) is 2.07. The SMILES string of the molecule is Cn1/c(=N\C(=Nc2ccccc2)N2CCCC2)sc2ccccc21. The van der Waals surface area contributed by atoms with Crippen LogP contribution in [-0.4, -0.2) is 28.5 Å². The zero-order chi connectivity index (χ0) is 16.4. The van der Waals surface area contributed by atoms with Gasteiger partial charge in [-0.1, -0.05) is 41.7 Å². The van der Waals surface area contributed by atoms with Gasteiger partial charge in [-0.05, 0) is 37.1 Å². The third kappa shape index (κ3) is 2.99. The molecule has 3 aromatic rings. The number of fused-ring (bicyclic) bond motifs is 1. The molecule has 2 aromatic carbocycles. The first-order chi connectivity index (χ1) is 11.8. The van der Waals surface area contributed by atoms with Gasteiger partial charge in [0.1, 0.15) is 0 Å². The molecule has 0 bridgehead atoms. The van der Waals surface area contributed by atoms with Crippen molar-refractivity contribution >= 4 is 33.2 Å². The van der Waals surface area contributed by atoms with E-state index in [-0.39, 0.29) is 0 Å². The van der Waals surface area contributed by atoms with Crippen molar-refractivity contribution in [1.29, 1.82) is 0 Å². The Morgan fingerprint density at radius 3 is 2.42 bits per heavy atom. The number of benzene rings is 2. The minimum Gasteiger partial charge on any atom is -0.341 e. The van der Waals surface area contributed by atoms with Crippen LogP contribution in [0.15, 0.2) is 64.6 Å². The number of likely N-dealkylation sites (tertiary alicyclic amines) is 1. The molecule has 0 radical (unpaired) electrons. The summed E-state index contributed by atoms with van der Waals surface area (Å²) < 4.78 is 3.40. The van der Waals surface area contributed by atoms with E-state index < -0.39 is 0 Å². The summed E-state index contributed by atoms with van der Waals surface area (Å²) in [6, 6.07) is 18.5. The summed E-state index contributed by atoms with van der Waals surface area (Å²) in [5, 5.41) is 0. The van der Waals surface area contributed by atoms with E-state index >= 15 is 0 Å². The Hall–Kier alpha value is -2.40. The van der Waals surface area contributed by atoms with Gasteiger partial charge in [-0.3, -0.25) is 0 Å². The first kappa shape index (κ1) is 15.1. The molecule has 0 N–H and O–H groups in total. The van der Waals surface area contributed by atoms with Gasteiger partial charge in [0.05, 0.1) is 15.9 Å². The fourth-order valence-electron chi connectivity index (χ4n) is 2.98. The standard InChI is InChI=1S/C19H20N4S/c1-22-16-11-5-6-12-17(16)24-19(22)21-18(23-13-7-8-14-23)20-15-9-3-2-4-10-15/h2-6,9-12H,7-8,13-14H2,1H3/b20-18?,21-19+. The van der Waals surface area contributed by atoms with Gasteiger partial charge in [-0.2, -0.15) is 4.99 Å². The monoisotopic (exact) mass is 336 g/mol. The van der Waals surface area contributed by atoms with Gasteiger partial charge in [-0.15, -0.1) is 0 Å². The molecule has 1 aliphatic heterocycles. The smallest absolute Gasteiger partial charge is 0.228 e. The first-order valence-electron chi connectivity index (χ1n) is 8.29. The predicted octanol–water partition coefficient (Wildman–Crippen LogP) is 3.92. The van der Waals surface area contributed by atoms with Gasteiger partial charge < -0.3 is 9.47 Å². The Labute approximate surface area is 145 Å². The molecule has 0 saturated carbocycles. The van der Waals surface area contributed by atoms with E-state index in [2.05, 4.69) is 40.8 Å². The van der Waals surface area contributed by atoms with Crippen LogP contribution in [0.3, 0.4) is 0 Å². The minimum absolute atomic E-state index is 0.820. The number of hydrogen-bond donors (Lipinski definition) is 0. The lowest BCUT2D eigenvalue weighted by atomic mass is 10.3. The van der Waals surface area contributed by atoms with Crippen LogP contribution in [0.1, 0.15) is 12.8 Å². The van der Waals surface area contributed by atoms with Crippen LogP contribution in [0.2, 0.25) is 0 Å². The van der Waals surface area contributed by atoms with Gasteiger partial charge in [0.2, 0.25) is 5.96 Å². The van der Waals surface area contributed by atoms with E-state index in [0.717, 1.165) is 29.5 Å². The van der Waals surface area contributed by atoms with E-state index in [1.807, 2.05) is 30.3 Å². The number of guanidine groups is 1. The van der Waals surface area contributed by atoms with Crippen molar-refractivity contribution < 1.29 is 0 Å². The maximum absolute atomic E-state index is 4.93. The maximum Gasteiger partial charge on any atom is 0.228 e. The molecular weight excluding hydrogens is 316 g/mol. The molecule has 4 rings (SSSR count). The number of aryl methyl sites for hydroxylation is 1. The number of nitrogens with zero attached hydrogens (tertiary/aromatic N) is 4. The number of para-hydroxylation sites is 2. The fourth-order valence-corrected chi connectivity index (χ4v) is 3.99. The molecule has 1 saturated heterocycles. The van der Waals surface area contributed by atoms with Crippen LogP contribution in [-0.2, 0) is 7.05 Å². The summed E-state index contributed by atoms with van der Waals surface area (Å²) in [6.45, 7) is 2.06. The van der Waals surface area contributed by atoms with Crippen molar-refractivity contribution in [2.75, 3.05) is 13.1 Å². The lowest BCUT2D eigenvalue weighted by molar-refractivity contribution is 0.512. The Balaban J connectivity index is 1.83. The summed E-state index contributed by atoms with van der Waals surface area (Å²) in [4.78, 5) is 13.0. The first-order valence-corrected chi connectivity index (χ1v) is 9.11. The molecule has 0 amide bonds. The van der Waals surface area contributed by atoms with Crippen LogP contribution < -0.4 is 4.80 Å². The summed E-state index contributed by atoms with van der Waals surface area (Å²) >= 11 is 1.71. The van der Waals surface area contributed by atoms with Gasteiger partial charge in [-0.25, -0.2) is 4.99 Å². The predicted molar refractivity (Wildman–Crippen MR) is 101 cm³/mol. The number of hydrogen-bond acceptors (Lipinski definition) is 2. The van der Waals surface area contributed by atoms with E-state index in [1.54, 1.807) is 11.3 Å². The van der Waals surface area contributed by atoms with Crippen molar-refractivity contribution in [3.05, 3.63) is 59.4 Å². The molecule has 5 heteroatoms. The molecule has 4 nitrogen and oxygen atoms in total. The van der Waals surface area contributed by atoms with Gasteiger partial charge in [0.15, 0.2) is 4.80 Å². The molecule has 0 unspecified atom stereocenters. The molecule has 1 aliphatic rings. The quantitative estimate of drug-likeness (QED) is 0.490. The highest BCUT2D eigenvalue weighted by Crippen LogP contribution is 2.17. The third-order valence-electron chi connectivity index (χ3n) is 4.28. The van der Waals surface area contributed by atoms with Crippen molar-refractivity contribution in [3.8, 4) is 0 Å². The van der Waals surface area contributed by atoms with Crippen molar-refractivity contribution in [2.45, 2.75) is 12.8 Å². The van der Waals surface area contributed by atoms with Crippen LogP contribution in [0, 0.1) is 0 Å². The average Bonchev–Trinajstić information content (AvgIpc) is 3.25. The second kappa shape index (κ2) is 6.61. The van der Waals surface area contributed by atoms with Crippen molar-refractivity contribution in [2.24, 2.45) is 17.0 Å². The Morgan fingerprint density at radius 1 is 0.958 bits per heavy atom. The Bertz CT molecular complexity index is 931. The van der Waals surface area contributed by atoms with Crippen molar-refractivity contribution in [1.82, 2.24) is 9.47 Å². The van der Waals surface area contributed by atoms with Crippen LogP contribution in [0.4, 0.5) is 5.69 Å². The number of aliphatic imine (C=N–C) groups is 1. The van der Waals surface area contributed by atoms with Gasteiger partial charge >= 0.3 is 0 Å². The van der Waals surface area contributed by atoms with Crippen molar-refractivity contribution in [3.63, 3.8) is 0 Å². The molecular formula is C19H20N4S. The molecule has 2 heterocycles. The molecule has 122 valence electrons. The molecule has 0 spiro atoms. The third-order valence-corrected chi connectivity index (χ3v) is 5.40. The highest BCUT2D eigenvalue weighted by molar-refractivity contribution is 7.16. The average molecular weight is 336 g/mol. The summed E-state index contributed by atoms with van der Waals surface area (Å²) in [5.41, 5.74) is 2.16. The van der Waals surface area contributed by atoms with Crippen LogP contribution in [0.5, 0.6) is 0 Å². The minimum atomic E-state index is 0.820. The van der Waals surface area contributed by atoms with Crippen LogP contribution >= 0.6 is 11.3 Å². The van der Waals surface area contributed by atoms with E-state index in [4.69, 9.17) is 9.98 Å². The lowest BCUT2D eigenvalue weighted by Gasteiger charge is -2.15. The van der Waals surface area contributed by atoms with E-state index in [0.29, 0.717) is 0 Å². The van der Waals surface area contributed by atoms with E-state index in [9.17, 15) is 0 Å². The number of aromatic nitrogens is 1. The molecule has 24 heavy (non-hydrogen) atoms. The molecule has 0 atom stereocenters. The zero-order valence-corrected chi connectivity index (χ0v) is 14.5.